The van der Waals surface area contributed by atoms with Gasteiger partial charge in [-0.3, -0.25) is 9.59 Å². The summed E-state index contributed by atoms with van der Waals surface area (Å²) >= 11 is 0. The first-order valence-corrected chi connectivity index (χ1v) is 8.46. The van der Waals surface area contributed by atoms with E-state index in [9.17, 15) is 9.59 Å². The number of ether oxygens (including phenoxy) is 1. The molecule has 2 aliphatic heterocycles. The van der Waals surface area contributed by atoms with Gasteiger partial charge in [0.1, 0.15) is 5.60 Å². The Morgan fingerprint density at radius 2 is 2.09 bits per heavy atom. The van der Waals surface area contributed by atoms with E-state index in [1.807, 2.05) is 11.8 Å². The number of carbonyl (C=O) groups excluding carboxylic acids is 2. The van der Waals surface area contributed by atoms with E-state index < -0.39 is 5.60 Å². The van der Waals surface area contributed by atoms with Crippen molar-refractivity contribution in [2.24, 2.45) is 5.92 Å². The molecule has 1 atom stereocenters. The van der Waals surface area contributed by atoms with E-state index in [0.29, 0.717) is 25.9 Å². The molecule has 2 N–H and O–H groups in total. The lowest BCUT2D eigenvalue weighted by molar-refractivity contribution is -0.160. The van der Waals surface area contributed by atoms with Crippen molar-refractivity contribution in [1.29, 1.82) is 0 Å². The molecule has 2 heterocycles. The molecule has 0 spiro atoms. The van der Waals surface area contributed by atoms with Gasteiger partial charge in [0.05, 0.1) is 5.92 Å². The molecule has 0 aromatic heterocycles. The minimum absolute atomic E-state index is 0.0597. The molecule has 2 amide bonds. The molecule has 2 aliphatic rings. The SMILES string of the molecule is CCCNC(=O)C1CCCN(C(=O)C2(OC)CCNCC2)C1. The zero-order chi connectivity index (χ0) is 16.0. The normalized spacial score (nSPS) is 24.8. The molecule has 6 nitrogen and oxygen atoms in total. The predicted octanol–water partition coefficient (Wildman–Crippen LogP) is 0.520. The number of likely N-dealkylation sites (tertiary alicyclic amines) is 1. The Kier molecular flexibility index (Phi) is 6.20. The largest absolute Gasteiger partial charge is 0.368 e. The van der Waals surface area contributed by atoms with Gasteiger partial charge in [-0.05, 0) is 45.2 Å². The quantitative estimate of drug-likeness (QED) is 0.776. The Labute approximate surface area is 132 Å². The number of carbonyl (C=O) groups is 2. The lowest BCUT2D eigenvalue weighted by Crippen LogP contribution is -2.57. The van der Waals surface area contributed by atoms with Crippen LogP contribution in [-0.2, 0) is 14.3 Å². The third-order valence-corrected chi connectivity index (χ3v) is 4.82. The van der Waals surface area contributed by atoms with Crippen molar-refractivity contribution in [3.8, 4) is 0 Å². The fourth-order valence-corrected chi connectivity index (χ4v) is 3.39. The van der Waals surface area contributed by atoms with Gasteiger partial charge in [0.15, 0.2) is 0 Å². The van der Waals surface area contributed by atoms with Gasteiger partial charge in [0.2, 0.25) is 5.91 Å². The van der Waals surface area contributed by atoms with Crippen LogP contribution in [0.3, 0.4) is 0 Å². The second-order valence-corrected chi connectivity index (χ2v) is 6.33. The van der Waals surface area contributed by atoms with E-state index in [1.165, 1.54) is 0 Å². The van der Waals surface area contributed by atoms with Gasteiger partial charge in [-0.15, -0.1) is 0 Å². The maximum Gasteiger partial charge on any atom is 0.254 e. The van der Waals surface area contributed by atoms with Crippen LogP contribution < -0.4 is 10.6 Å². The second-order valence-electron chi connectivity index (χ2n) is 6.33. The molecule has 0 radical (unpaired) electrons. The molecular weight excluding hydrogens is 282 g/mol. The van der Waals surface area contributed by atoms with Crippen LogP contribution in [0.2, 0.25) is 0 Å². The molecule has 2 saturated heterocycles. The summed E-state index contributed by atoms with van der Waals surface area (Å²) in [5.74, 6) is 0.0560. The minimum atomic E-state index is -0.701. The molecule has 6 heteroatoms. The Morgan fingerprint density at radius 1 is 1.36 bits per heavy atom. The molecule has 22 heavy (non-hydrogen) atoms. The van der Waals surface area contributed by atoms with Crippen molar-refractivity contribution in [3.63, 3.8) is 0 Å². The molecule has 2 rings (SSSR count). The van der Waals surface area contributed by atoms with Gasteiger partial charge in [-0.25, -0.2) is 0 Å². The van der Waals surface area contributed by atoms with E-state index in [1.54, 1.807) is 7.11 Å². The summed E-state index contributed by atoms with van der Waals surface area (Å²) in [5, 5.41) is 6.21. The smallest absolute Gasteiger partial charge is 0.254 e. The van der Waals surface area contributed by atoms with Crippen LogP contribution in [0.5, 0.6) is 0 Å². The number of nitrogens with zero attached hydrogens (tertiary/aromatic N) is 1. The van der Waals surface area contributed by atoms with Crippen molar-refractivity contribution >= 4 is 11.8 Å². The summed E-state index contributed by atoms with van der Waals surface area (Å²) in [6, 6.07) is 0. The molecule has 1 unspecified atom stereocenters. The molecular formula is C16H29N3O3. The monoisotopic (exact) mass is 311 g/mol. The Balaban J connectivity index is 1.98. The summed E-state index contributed by atoms with van der Waals surface area (Å²) in [4.78, 5) is 26.9. The third-order valence-electron chi connectivity index (χ3n) is 4.82. The Hall–Kier alpha value is -1.14. The number of amides is 2. The van der Waals surface area contributed by atoms with Gasteiger partial charge in [0, 0.05) is 26.7 Å². The number of nitrogens with one attached hydrogen (secondary N) is 2. The van der Waals surface area contributed by atoms with E-state index in [0.717, 1.165) is 38.9 Å². The maximum atomic E-state index is 12.9. The van der Waals surface area contributed by atoms with E-state index >= 15 is 0 Å². The highest BCUT2D eigenvalue weighted by Gasteiger charge is 2.43. The molecule has 0 aromatic rings. The number of hydrogen-bond donors (Lipinski definition) is 2. The van der Waals surface area contributed by atoms with E-state index in [-0.39, 0.29) is 17.7 Å². The van der Waals surface area contributed by atoms with Gasteiger partial charge in [0.25, 0.3) is 5.91 Å². The van der Waals surface area contributed by atoms with Crippen molar-refractivity contribution in [3.05, 3.63) is 0 Å². The number of methoxy groups -OCH3 is 1. The highest BCUT2D eigenvalue weighted by molar-refractivity contribution is 5.87. The van der Waals surface area contributed by atoms with Gasteiger partial charge in [-0.2, -0.15) is 0 Å². The summed E-state index contributed by atoms with van der Waals surface area (Å²) in [7, 11) is 1.62. The average Bonchev–Trinajstić information content (AvgIpc) is 2.59. The van der Waals surface area contributed by atoms with Crippen LogP contribution in [0.15, 0.2) is 0 Å². The minimum Gasteiger partial charge on any atom is -0.368 e. The van der Waals surface area contributed by atoms with Gasteiger partial charge < -0.3 is 20.3 Å². The zero-order valence-corrected chi connectivity index (χ0v) is 13.8. The predicted molar refractivity (Wildman–Crippen MR) is 84.4 cm³/mol. The van der Waals surface area contributed by atoms with E-state index in [2.05, 4.69) is 10.6 Å². The Bertz CT molecular complexity index is 394. The molecule has 0 aromatic carbocycles. The summed E-state index contributed by atoms with van der Waals surface area (Å²) < 4.78 is 5.62. The first kappa shape index (κ1) is 17.2. The molecule has 0 bridgehead atoms. The highest BCUT2D eigenvalue weighted by Crippen LogP contribution is 2.28. The number of piperidine rings is 2. The first-order chi connectivity index (χ1) is 10.6. The van der Waals surface area contributed by atoms with Crippen molar-refractivity contribution < 1.29 is 14.3 Å². The second kappa shape index (κ2) is 7.92. The molecule has 0 saturated carbocycles. The van der Waals surface area contributed by atoms with Crippen molar-refractivity contribution in [2.75, 3.05) is 39.8 Å². The first-order valence-electron chi connectivity index (χ1n) is 8.46. The fraction of sp³-hybridized carbons (Fsp3) is 0.875. The maximum absolute atomic E-state index is 12.9. The summed E-state index contributed by atoms with van der Waals surface area (Å²) in [6.45, 7) is 5.59. The van der Waals surface area contributed by atoms with Crippen molar-refractivity contribution in [1.82, 2.24) is 15.5 Å². The molecule has 2 fully saturated rings. The lowest BCUT2D eigenvalue weighted by atomic mass is 9.88. The summed E-state index contributed by atoms with van der Waals surface area (Å²) in [5.41, 5.74) is -0.701. The molecule has 126 valence electrons. The Morgan fingerprint density at radius 3 is 2.73 bits per heavy atom. The zero-order valence-electron chi connectivity index (χ0n) is 13.8. The van der Waals surface area contributed by atoms with Crippen LogP contribution in [0, 0.1) is 5.92 Å². The standard InChI is InChI=1S/C16H29N3O3/c1-3-8-18-14(20)13-5-4-11-19(12-13)15(21)16(22-2)6-9-17-10-7-16/h13,17H,3-12H2,1-2H3,(H,18,20). The lowest BCUT2D eigenvalue weighted by Gasteiger charge is -2.41. The molecule has 0 aliphatic carbocycles. The summed E-state index contributed by atoms with van der Waals surface area (Å²) in [6.07, 6.45) is 4.08. The van der Waals surface area contributed by atoms with E-state index in [4.69, 9.17) is 4.74 Å². The topological polar surface area (TPSA) is 70.7 Å². The van der Waals surface area contributed by atoms with Crippen molar-refractivity contribution in [2.45, 2.75) is 44.6 Å². The highest BCUT2D eigenvalue weighted by atomic mass is 16.5. The average molecular weight is 311 g/mol. The fourth-order valence-electron chi connectivity index (χ4n) is 3.39. The van der Waals surface area contributed by atoms with Gasteiger partial charge in [-0.1, -0.05) is 6.92 Å². The number of rotatable bonds is 5. The van der Waals surface area contributed by atoms with Crippen LogP contribution in [0.1, 0.15) is 39.0 Å². The van der Waals surface area contributed by atoms with Crippen LogP contribution in [-0.4, -0.2) is 62.1 Å². The van der Waals surface area contributed by atoms with Crippen LogP contribution in [0.4, 0.5) is 0 Å². The van der Waals surface area contributed by atoms with Crippen LogP contribution >= 0.6 is 0 Å². The number of hydrogen-bond acceptors (Lipinski definition) is 4. The van der Waals surface area contributed by atoms with Crippen LogP contribution in [0.25, 0.3) is 0 Å². The van der Waals surface area contributed by atoms with Gasteiger partial charge >= 0.3 is 0 Å². The third kappa shape index (κ3) is 3.79.